The van der Waals surface area contributed by atoms with Gasteiger partial charge in [-0.2, -0.15) is 0 Å². The molecule has 0 bridgehead atoms. The molecule has 0 spiro atoms. The second-order valence-corrected chi connectivity index (χ2v) is 16.8. The molecule has 3 atom stereocenters. The fraction of sp³-hybridized carbons (Fsp3) is 0.269. The highest BCUT2D eigenvalue weighted by molar-refractivity contribution is 5.91. The normalized spacial score (nSPS) is 23.6. The molecule has 0 saturated heterocycles. The topological polar surface area (TPSA) is 12.5 Å². The van der Waals surface area contributed by atoms with Gasteiger partial charge in [-0.3, -0.25) is 0 Å². The van der Waals surface area contributed by atoms with Crippen molar-refractivity contribution in [3.63, 3.8) is 0 Å². The third-order valence-electron chi connectivity index (χ3n) is 13.8. The zero-order chi connectivity index (χ0) is 36.0. The van der Waals surface area contributed by atoms with Crippen molar-refractivity contribution in [3.05, 3.63) is 196 Å². The molecule has 1 aliphatic heterocycles. The maximum atomic E-state index is 7.28. The summed E-state index contributed by atoms with van der Waals surface area (Å²) in [5, 5.41) is 0. The Labute approximate surface area is 320 Å². The first-order chi connectivity index (χ1) is 26.6. The molecule has 54 heavy (non-hydrogen) atoms. The molecule has 0 radical (unpaired) electrons. The Morgan fingerprint density at radius 1 is 0.648 bits per heavy atom. The summed E-state index contributed by atoms with van der Waals surface area (Å²) in [6, 6.07) is 46.1. The summed E-state index contributed by atoms with van der Waals surface area (Å²) in [6.45, 7) is 4.82. The van der Waals surface area contributed by atoms with Gasteiger partial charge in [0, 0.05) is 41.1 Å². The highest BCUT2D eigenvalue weighted by Gasteiger charge is 2.54. The highest BCUT2D eigenvalue weighted by atomic mass is 16.5. The summed E-state index contributed by atoms with van der Waals surface area (Å²) < 4.78 is 7.28. The molecule has 0 N–H and O–H groups in total. The van der Waals surface area contributed by atoms with Crippen LogP contribution in [0, 0.1) is 5.92 Å². The second-order valence-electron chi connectivity index (χ2n) is 16.8. The van der Waals surface area contributed by atoms with Gasteiger partial charge in [-0.05, 0) is 99.9 Å². The molecule has 6 aliphatic rings. The summed E-state index contributed by atoms with van der Waals surface area (Å²) in [7, 11) is 0. The lowest BCUT2D eigenvalue weighted by Gasteiger charge is -2.47. The molecule has 2 heteroatoms. The lowest BCUT2D eigenvalue weighted by atomic mass is 9.62. The average Bonchev–Trinajstić information content (AvgIpc) is 3.83. The molecule has 1 heterocycles. The van der Waals surface area contributed by atoms with E-state index < -0.39 is 5.41 Å². The predicted octanol–water partition coefficient (Wildman–Crippen LogP) is 12.6. The Morgan fingerprint density at radius 2 is 1.31 bits per heavy atom. The van der Waals surface area contributed by atoms with Crippen molar-refractivity contribution in [2.75, 3.05) is 4.90 Å². The van der Waals surface area contributed by atoms with Gasteiger partial charge in [0.15, 0.2) is 0 Å². The molecule has 5 aromatic rings. The number of allylic oxidation sites excluding steroid dienone is 5. The molecule has 266 valence electrons. The van der Waals surface area contributed by atoms with E-state index in [0.29, 0.717) is 0 Å². The number of nitrogens with zero attached hydrogens (tertiary/aromatic N) is 1. The summed E-state index contributed by atoms with van der Waals surface area (Å²) in [6.07, 6.45) is 17.5. The molecule has 0 saturated carbocycles. The van der Waals surface area contributed by atoms with Gasteiger partial charge in [-0.1, -0.05) is 147 Å². The van der Waals surface area contributed by atoms with E-state index in [0.717, 1.165) is 32.1 Å². The fourth-order valence-electron chi connectivity index (χ4n) is 11.6. The SMILES string of the molecule is CC1(C)c2ccccc2-c2c(N(C3=CC=CCC3)C3C=C(C4(c5ccccc5)c5ccccc5-c5ccccc54)CC4OC5=C(CCCC5)C43)cccc21. The van der Waals surface area contributed by atoms with Crippen LogP contribution < -0.4 is 4.90 Å². The van der Waals surface area contributed by atoms with Crippen molar-refractivity contribution in [1.82, 2.24) is 0 Å². The van der Waals surface area contributed by atoms with Crippen molar-refractivity contribution >= 4 is 5.69 Å². The number of ether oxygens (including phenoxy) is 1. The first-order valence-electron chi connectivity index (χ1n) is 20.3. The maximum Gasteiger partial charge on any atom is 0.111 e. The van der Waals surface area contributed by atoms with E-state index in [1.165, 1.54) is 85.6 Å². The van der Waals surface area contributed by atoms with Crippen molar-refractivity contribution in [1.29, 1.82) is 0 Å². The summed E-state index contributed by atoms with van der Waals surface area (Å²) in [5.41, 5.74) is 17.7. The van der Waals surface area contributed by atoms with Gasteiger partial charge in [0.25, 0.3) is 0 Å². The minimum atomic E-state index is -0.427. The molecular formula is C52H47NO. The predicted molar refractivity (Wildman–Crippen MR) is 221 cm³/mol. The van der Waals surface area contributed by atoms with Crippen LogP contribution in [-0.2, 0) is 15.6 Å². The van der Waals surface area contributed by atoms with Gasteiger partial charge in [0.05, 0.1) is 17.2 Å². The van der Waals surface area contributed by atoms with Gasteiger partial charge >= 0.3 is 0 Å². The number of anilines is 1. The Hall–Kier alpha value is -5.34. The van der Waals surface area contributed by atoms with E-state index in [4.69, 9.17) is 4.74 Å². The van der Waals surface area contributed by atoms with E-state index in [1.54, 1.807) is 5.57 Å². The van der Waals surface area contributed by atoms with E-state index in [-0.39, 0.29) is 23.5 Å². The highest BCUT2D eigenvalue weighted by Crippen LogP contribution is 2.61. The summed E-state index contributed by atoms with van der Waals surface area (Å²) in [5.74, 6) is 1.58. The number of benzene rings is 5. The van der Waals surface area contributed by atoms with E-state index >= 15 is 0 Å². The first kappa shape index (κ1) is 32.1. The number of rotatable bonds is 5. The first-order valence-corrected chi connectivity index (χ1v) is 20.3. The summed E-state index contributed by atoms with van der Waals surface area (Å²) >= 11 is 0. The van der Waals surface area contributed by atoms with Crippen molar-refractivity contribution < 1.29 is 4.74 Å². The van der Waals surface area contributed by atoms with Crippen LogP contribution in [-0.4, -0.2) is 12.1 Å². The van der Waals surface area contributed by atoms with Crippen molar-refractivity contribution in [2.24, 2.45) is 5.92 Å². The zero-order valence-electron chi connectivity index (χ0n) is 31.4. The molecule has 2 nitrogen and oxygen atoms in total. The Morgan fingerprint density at radius 3 is 2.06 bits per heavy atom. The van der Waals surface area contributed by atoms with Crippen LogP contribution in [0.4, 0.5) is 5.69 Å². The smallest absolute Gasteiger partial charge is 0.111 e. The van der Waals surface area contributed by atoms with Crippen LogP contribution in [0.2, 0.25) is 0 Å². The third kappa shape index (κ3) is 4.40. The quantitative estimate of drug-likeness (QED) is 0.169. The zero-order valence-corrected chi connectivity index (χ0v) is 31.4. The van der Waals surface area contributed by atoms with Crippen LogP contribution in [0.3, 0.4) is 0 Å². The van der Waals surface area contributed by atoms with Gasteiger partial charge in [0.2, 0.25) is 0 Å². The van der Waals surface area contributed by atoms with E-state index in [1.807, 2.05) is 0 Å². The maximum absolute atomic E-state index is 7.28. The molecule has 5 aliphatic carbocycles. The van der Waals surface area contributed by atoms with Crippen molar-refractivity contribution in [3.8, 4) is 22.3 Å². The monoisotopic (exact) mass is 701 g/mol. The van der Waals surface area contributed by atoms with Crippen LogP contribution in [0.25, 0.3) is 22.3 Å². The average molecular weight is 702 g/mol. The van der Waals surface area contributed by atoms with Gasteiger partial charge in [-0.15, -0.1) is 0 Å². The number of fused-ring (bicyclic) bond motifs is 8. The lowest BCUT2D eigenvalue weighted by Crippen LogP contribution is -2.48. The molecule has 0 fully saturated rings. The molecule has 0 aromatic heterocycles. The van der Waals surface area contributed by atoms with Gasteiger partial charge in [-0.25, -0.2) is 0 Å². The Bertz CT molecular complexity index is 2410. The largest absolute Gasteiger partial charge is 0.494 e. The Kier molecular flexibility index (Phi) is 7.19. The van der Waals surface area contributed by atoms with Crippen LogP contribution in [0.5, 0.6) is 0 Å². The number of hydrogen-bond acceptors (Lipinski definition) is 2. The molecule has 0 amide bonds. The van der Waals surface area contributed by atoms with Crippen LogP contribution >= 0.6 is 0 Å². The van der Waals surface area contributed by atoms with Gasteiger partial charge in [0.1, 0.15) is 6.10 Å². The van der Waals surface area contributed by atoms with Gasteiger partial charge < -0.3 is 9.64 Å². The van der Waals surface area contributed by atoms with E-state index in [2.05, 4.69) is 164 Å². The lowest BCUT2D eigenvalue weighted by molar-refractivity contribution is 0.0947. The fourth-order valence-corrected chi connectivity index (χ4v) is 11.6. The standard InChI is InChI=1S/C52H47NO/c1-51(2)41-26-13-11-24-39(41)49-44(51)29-17-30-45(49)53(36-20-7-4-8-21-36)46-32-35(33-48-50(46)40-25-12-16-31-47(40)54-48)52(34-18-5-3-6-19-34)42-27-14-9-22-37(42)38-23-10-15-28-43(38)52/h3-7,9-11,13-15,17-20,22-24,26-30,32,46,48,50H,8,12,16,21,25,31,33H2,1-2H3. The van der Waals surface area contributed by atoms with Crippen LogP contribution in [0.15, 0.2) is 168 Å². The number of hydrogen-bond donors (Lipinski definition) is 0. The molecule has 11 rings (SSSR count). The minimum absolute atomic E-state index is 0.0747. The molecule has 3 unspecified atom stereocenters. The third-order valence-corrected chi connectivity index (χ3v) is 13.8. The van der Waals surface area contributed by atoms with E-state index in [9.17, 15) is 0 Å². The second kappa shape index (κ2) is 12.1. The van der Waals surface area contributed by atoms with Crippen LogP contribution in [0.1, 0.15) is 86.6 Å². The minimum Gasteiger partial charge on any atom is -0.494 e. The summed E-state index contributed by atoms with van der Waals surface area (Å²) in [4.78, 5) is 2.80. The molecule has 5 aromatic carbocycles. The Balaban J connectivity index is 1.21. The molecular weight excluding hydrogens is 655 g/mol. The van der Waals surface area contributed by atoms with Crippen molar-refractivity contribution in [2.45, 2.75) is 81.8 Å².